The summed E-state index contributed by atoms with van der Waals surface area (Å²) in [6, 6.07) is 9.53. The zero-order valence-corrected chi connectivity index (χ0v) is 10.7. The van der Waals surface area contributed by atoms with E-state index in [0.717, 1.165) is 11.8 Å². The summed E-state index contributed by atoms with van der Waals surface area (Å²) in [4.78, 5) is 23.1. The lowest BCUT2D eigenvalue weighted by Gasteiger charge is -2.11. The van der Waals surface area contributed by atoms with Gasteiger partial charge >= 0.3 is 0 Å². The van der Waals surface area contributed by atoms with Gasteiger partial charge in [-0.2, -0.15) is 0 Å². The zero-order valence-electron chi connectivity index (χ0n) is 10.7. The van der Waals surface area contributed by atoms with Crippen molar-refractivity contribution in [2.24, 2.45) is 0 Å². The monoisotopic (exact) mass is 277 g/mol. The van der Waals surface area contributed by atoms with Gasteiger partial charge in [-0.15, -0.1) is 0 Å². The highest BCUT2D eigenvalue weighted by Gasteiger charge is 2.29. The first-order valence-corrected chi connectivity index (χ1v) is 6.20. The average Bonchev–Trinajstić information content (AvgIpc) is 2.93. The van der Waals surface area contributed by atoms with Gasteiger partial charge < -0.3 is 19.9 Å². The fourth-order valence-electron chi connectivity index (χ4n) is 1.70. The van der Waals surface area contributed by atoms with Crippen molar-refractivity contribution in [2.45, 2.75) is 12.7 Å². The fourth-order valence-corrected chi connectivity index (χ4v) is 1.70. The van der Waals surface area contributed by atoms with E-state index in [0.29, 0.717) is 6.42 Å². The maximum absolute atomic E-state index is 11.7. The van der Waals surface area contributed by atoms with E-state index in [4.69, 9.17) is 14.6 Å². The number of ketones is 1. The summed E-state index contributed by atoms with van der Waals surface area (Å²) in [5, 5.41) is 10.8. The Morgan fingerprint density at radius 2 is 2.00 bits per heavy atom. The Labute approximate surface area is 116 Å². The molecule has 0 fully saturated rings. The minimum absolute atomic E-state index is 0.0200. The van der Waals surface area contributed by atoms with Crippen molar-refractivity contribution in [3.63, 3.8) is 0 Å². The Kier molecular flexibility index (Phi) is 4.73. The molecule has 20 heavy (non-hydrogen) atoms. The number of amides is 1. The molecule has 0 aliphatic carbocycles. The van der Waals surface area contributed by atoms with Crippen molar-refractivity contribution in [3.05, 3.63) is 47.9 Å². The van der Waals surface area contributed by atoms with Crippen molar-refractivity contribution in [3.8, 4) is 0 Å². The summed E-state index contributed by atoms with van der Waals surface area (Å²) < 4.78 is 10.5. The molecular weight excluding hydrogens is 262 g/mol. The minimum Gasteiger partial charge on any atom is -0.458 e. The molecule has 1 aliphatic rings. The van der Waals surface area contributed by atoms with Crippen LogP contribution in [0.2, 0.25) is 0 Å². The van der Waals surface area contributed by atoms with Crippen molar-refractivity contribution < 1.29 is 24.2 Å². The van der Waals surface area contributed by atoms with Crippen LogP contribution in [0.25, 0.3) is 0 Å². The van der Waals surface area contributed by atoms with Crippen LogP contribution in [-0.2, 0) is 25.5 Å². The molecule has 0 aromatic heterocycles. The number of carbonyl (C=O) groups is 2. The van der Waals surface area contributed by atoms with Gasteiger partial charge in [0.1, 0.15) is 6.26 Å². The molecule has 1 amide bonds. The van der Waals surface area contributed by atoms with Crippen molar-refractivity contribution >= 4 is 11.7 Å². The Bertz CT molecular complexity index is 512. The van der Waals surface area contributed by atoms with Gasteiger partial charge in [-0.1, -0.05) is 30.3 Å². The molecule has 2 rings (SSSR count). The van der Waals surface area contributed by atoms with Crippen LogP contribution in [0.15, 0.2) is 42.4 Å². The van der Waals surface area contributed by atoms with Gasteiger partial charge in [-0.3, -0.25) is 9.59 Å². The molecule has 0 bridgehead atoms. The van der Waals surface area contributed by atoms with Gasteiger partial charge in [0.15, 0.2) is 0 Å². The third-order valence-corrected chi connectivity index (χ3v) is 2.66. The molecule has 6 nitrogen and oxygen atoms in total. The maximum atomic E-state index is 11.7. The van der Waals surface area contributed by atoms with E-state index >= 15 is 0 Å². The molecular formula is C14H15NO5. The van der Waals surface area contributed by atoms with E-state index in [9.17, 15) is 9.59 Å². The second-order valence-corrected chi connectivity index (χ2v) is 4.16. The Hall–Kier alpha value is -2.34. The van der Waals surface area contributed by atoms with Crippen LogP contribution in [0.5, 0.6) is 0 Å². The van der Waals surface area contributed by atoms with E-state index in [-0.39, 0.29) is 18.9 Å². The smallest absolute Gasteiger partial charge is 0.295 e. The van der Waals surface area contributed by atoms with Crippen LogP contribution in [0.1, 0.15) is 5.56 Å². The lowest BCUT2D eigenvalue weighted by molar-refractivity contribution is -0.138. The van der Waals surface area contributed by atoms with Crippen LogP contribution in [0, 0.1) is 0 Å². The summed E-state index contributed by atoms with van der Waals surface area (Å²) in [5.74, 6) is -1.76. The predicted molar refractivity (Wildman–Crippen MR) is 69.3 cm³/mol. The molecule has 1 aliphatic heterocycles. The quantitative estimate of drug-likeness (QED) is 0.721. The van der Waals surface area contributed by atoms with Crippen LogP contribution in [-0.4, -0.2) is 36.2 Å². The first-order chi connectivity index (χ1) is 9.70. The highest BCUT2D eigenvalue weighted by molar-refractivity contribution is 6.42. The molecule has 0 saturated heterocycles. The number of ether oxygens (including phenoxy) is 2. The van der Waals surface area contributed by atoms with Crippen LogP contribution >= 0.6 is 0 Å². The third kappa shape index (κ3) is 3.58. The second kappa shape index (κ2) is 6.72. The molecule has 6 heteroatoms. The first kappa shape index (κ1) is 14.1. The van der Waals surface area contributed by atoms with E-state index in [1.165, 1.54) is 0 Å². The normalized spacial score (nSPS) is 16.9. The van der Waals surface area contributed by atoms with Gasteiger partial charge in [-0.25, -0.2) is 0 Å². The lowest BCUT2D eigenvalue weighted by Crippen LogP contribution is -2.34. The van der Waals surface area contributed by atoms with E-state index in [1.54, 1.807) is 0 Å². The summed E-state index contributed by atoms with van der Waals surface area (Å²) in [5.41, 5.74) is 1.00. The number of hydrogen-bond donors (Lipinski definition) is 2. The number of hydrogen-bond acceptors (Lipinski definition) is 5. The summed E-state index contributed by atoms with van der Waals surface area (Å²) in [7, 11) is 0. The molecule has 1 heterocycles. The van der Waals surface area contributed by atoms with Crippen LogP contribution in [0.3, 0.4) is 0 Å². The van der Waals surface area contributed by atoms with Crippen molar-refractivity contribution in [1.82, 2.24) is 5.32 Å². The summed E-state index contributed by atoms with van der Waals surface area (Å²) in [6.07, 6.45) is 1.02. The molecule has 106 valence electrons. The number of carbonyl (C=O) groups excluding carboxylic acids is 2. The van der Waals surface area contributed by atoms with E-state index in [2.05, 4.69) is 5.32 Å². The van der Waals surface area contributed by atoms with Gasteiger partial charge in [0.05, 0.1) is 6.61 Å². The Balaban J connectivity index is 1.85. The van der Waals surface area contributed by atoms with Crippen LogP contribution < -0.4 is 5.32 Å². The van der Waals surface area contributed by atoms with Crippen LogP contribution in [0.4, 0.5) is 0 Å². The number of rotatable bonds is 6. The summed E-state index contributed by atoms with van der Waals surface area (Å²) >= 11 is 0. The van der Waals surface area contributed by atoms with E-state index in [1.807, 2.05) is 30.3 Å². The van der Waals surface area contributed by atoms with Gasteiger partial charge in [-0.05, 0) is 5.56 Å². The van der Waals surface area contributed by atoms with Gasteiger partial charge in [0, 0.05) is 13.0 Å². The topological polar surface area (TPSA) is 84.9 Å². The molecule has 2 N–H and O–H groups in total. The molecule has 0 spiro atoms. The molecule has 0 saturated carbocycles. The molecule has 1 aromatic carbocycles. The first-order valence-electron chi connectivity index (χ1n) is 6.20. The van der Waals surface area contributed by atoms with Crippen molar-refractivity contribution in [1.29, 1.82) is 0 Å². The predicted octanol–water partition coefficient (Wildman–Crippen LogP) is 0.121. The zero-order chi connectivity index (χ0) is 14.4. The Morgan fingerprint density at radius 1 is 1.25 bits per heavy atom. The highest BCUT2D eigenvalue weighted by Crippen LogP contribution is 2.18. The van der Waals surface area contributed by atoms with Gasteiger partial charge in [0.25, 0.3) is 11.7 Å². The standard InChI is InChI=1S/C14H15NO5/c16-7-6-15-14(18)13(17)11-9-19-12(20-11)8-10-4-2-1-3-5-10/h1-5,9,12,16H,6-8H2,(H,15,18). The lowest BCUT2D eigenvalue weighted by atomic mass is 10.1. The van der Waals surface area contributed by atoms with Crippen molar-refractivity contribution in [2.75, 3.05) is 13.2 Å². The molecule has 1 atom stereocenters. The van der Waals surface area contributed by atoms with Gasteiger partial charge in [0.2, 0.25) is 12.0 Å². The minimum atomic E-state index is -0.825. The molecule has 1 aromatic rings. The van der Waals surface area contributed by atoms with E-state index < -0.39 is 18.0 Å². The number of nitrogens with one attached hydrogen (secondary N) is 1. The maximum Gasteiger partial charge on any atom is 0.295 e. The second-order valence-electron chi connectivity index (χ2n) is 4.16. The number of benzene rings is 1. The number of Topliss-reactive ketones (excluding diaryl/α,β-unsaturated/α-hetero) is 1. The number of aliphatic hydroxyl groups excluding tert-OH is 1. The fraction of sp³-hybridized carbons (Fsp3) is 0.286. The number of aliphatic hydroxyl groups is 1. The largest absolute Gasteiger partial charge is 0.458 e. The SMILES string of the molecule is O=C(NCCO)C(=O)C1=COC(Cc2ccccc2)O1. The molecule has 1 unspecified atom stereocenters. The molecule has 0 radical (unpaired) electrons. The average molecular weight is 277 g/mol. The Morgan fingerprint density at radius 3 is 2.70 bits per heavy atom. The third-order valence-electron chi connectivity index (χ3n) is 2.66. The summed E-state index contributed by atoms with van der Waals surface area (Å²) in [6.45, 7) is -0.210. The highest BCUT2D eigenvalue weighted by atomic mass is 16.7.